The Morgan fingerprint density at radius 2 is 2.25 bits per heavy atom. The van der Waals surface area contributed by atoms with Crippen molar-refractivity contribution in [2.75, 3.05) is 6.54 Å². The minimum absolute atomic E-state index is 0.267. The molecular formula is C12H14FNO2. The molecule has 2 rings (SSSR count). The Morgan fingerprint density at radius 3 is 3.00 bits per heavy atom. The smallest absolute Gasteiger partial charge is 0.134 e. The predicted molar refractivity (Wildman–Crippen MR) is 59.6 cm³/mol. The number of aliphatic hydroxyl groups is 1. The van der Waals surface area contributed by atoms with Crippen LogP contribution in [0.1, 0.15) is 12.7 Å². The Hall–Kier alpha value is -1.39. The standard InChI is InChI=1S/C12H14FNO2/c1-8(15)6-14-7-11-5-9-4-10(13)2-3-12(9)16-11/h2-5,8,14-15H,6-7H2,1H3. The lowest BCUT2D eigenvalue weighted by Gasteiger charge is -2.03. The maximum absolute atomic E-state index is 12.9. The van der Waals surface area contributed by atoms with Crippen LogP contribution in [-0.2, 0) is 6.54 Å². The Bertz CT molecular complexity index is 479. The molecule has 0 aliphatic rings. The molecule has 1 aromatic heterocycles. The van der Waals surface area contributed by atoms with Crippen molar-refractivity contribution in [3.63, 3.8) is 0 Å². The lowest BCUT2D eigenvalue weighted by atomic mass is 10.2. The summed E-state index contributed by atoms with van der Waals surface area (Å²) < 4.78 is 18.4. The van der Waals surface area contributed by atoms with Crippen LogP contribution in [0.2, 0.25) is 0 Å². The first-order valence-corrected chi connectivity index (χ1v) is 5.22. The SMILES string of the molecule is CC(O)CNCc1cc2cc(F)ccc2o1. The number of rotatable bonds is 4. The summed E-state index contributed by atoms with van der Waals surface area (Å²) in [7, 11) is 0. The highest BCUT2D eigenvalue weighted by molar-refractivity contribution is 5.77. The topological polar surface area (TPSA) is 45.4 Å². The zero-order valence-electron chi connectivity index (χ0n) is 9.03. The number of hydrogen-bond donors (Lipinski definition) is 2. The summed E-state index contributed by atoms with van der Waals surface area (Å²) in [5.41, 5.74) is 0.676. The van der Waals surface area contributed by atoms with Gasteiger partial charge in [-0.25, -0.2) is 4.39 Å². The molecule has 86 valence electrons. The monoisotopic (exact) mass is 223 g/mol. The number of nitrogens with one attached hydrogen (secondary N) is 1. The van der Waals surface area contributed by atoms with Crippen molar-refractivity contribution in [1.82, 2.24) is 5.32 Å². The molecule has 0 aliphatic heterocycles. The largest absolute Gasteiger partial charge is 0.460 e. The molecule has 1 heterocycles. The Morgan fingerprint density at radius 1 is 1.44 bits per heavy atom. The maximum atomic E-state index is 12.9. The molecule has 3 nitrogen and oxygen atoms in total. The minimum atomic E-state index is -0.387. The van der Waals surface area contributed by atoms with E-state index in [1.165, 1.54) is 12.1 Å². The van der Waals surface area contributed by atoms with Gasteiger partial charge in [-0.3, -0.25) is 0 Å². The van der Waals surface area contributed by atoms with Gasteiger partial charge in [-0.15, -0.1) is 0 Å². The first-order valence-electron chi connectivity index (χ1n) is 5.22. The number of benzene rings is 1. The van der Waals surface area contributed by atoms with Crippen LogP contribution in [0.5, 0.6) is 0 Å². The van der Waals surface area contributed by atoms with Crippen LogP contribution in [-0.4, -0.2) is 17.8 Å². The molecule has 0 saturated carbocycles. The summed E-state index contributed by atoms with van der Waals surface area (Å²) in [6.07, 6.45) is -0.387. The second-order valence-corrected chi connectivity index (χ2v) is 3.87. The molecule has 0 radical (unpaired) electrons. The van der Waals surface area contributed by atoms with Gasteiger partial charge >= 0.3 is 0 Å². The third-order valence-electron chi connectivity index (χ3n) is 2.27. The molecule has 0 spiro atoms. The average Bonchev–Trinajstić information content (AvgIpc) is 2.58. The molecule has 4 heteroatoms. The summed E-state index contributed by atoms with van der Waals surface area (Å²) in [6, 6.07) is 6.23. The van der Waals surface area contributed by atoms with Crippen LogP contribution < -0.4 is 5.32 Å². The first-order chi connectivity index (χ1) is 7.65. The molecule has 16 heavy (non-hydrogen) atoms. The van der Waals surface area contributed by atoms with E-state index in [9.17, 15) is 4.39 Å². The molecule has 2 N–H and O–H groups in total. The zero-order valence-corrected chi connectivity index (χ0v) is 9.03. The van der Waals surface area contributed by atoms with Crippen LogP contribution >= 0.6 is 0 Å². The number of halogens is 1. The van der Waals surface area contributed by atoms with Crippen molar-refractivity contribution < 1.29 is 13.9 Å². The summed E-state index contributed by atoms with van der Waals surface area (Å²) in [5.74, 6) is 0.470. The summed E-state index contributed by atoms with van der Waals surface area (Å²) in [6.45, 7) is 2.74. The molecule has 1 unspecified atom stereocenters. The maximum Gasteiger partial charge on any atom is 0.134 e. The van der Waals surface area contributed by atoms with E-state index in [0.717, 1.165) is 11.1 Å². The summed E-state index contributed by atoms with van der Waals surface area (Å²) in [5, 5.41) is 12.9. The molecule has 0 saturated heterocycles. The molecule has 0 bridgehead atoms. The highest BCUT2D eigenvalue weighted by atomic mass is 19.1. The highest BCUT2D eigenvalue weighted by Gasteiger charge is 2.04. The average molecular weight is 223 g/mol. The number of hydrogen-bond acceptors (Lipinski definition) is 3. The van der Waals surface area contributed by atoms with Crippen molar-refractivity contribution in [2.45, 2.75) is 19.6 Å². The van der Waals surface area contributed by atoms with Gasteiger partial charge in [-0.05, 0) is 31.2 Å². The van der Waals surface area contributed by atoms with E-state index in [0.29, 0.717) is 18.7 Å². The Labute approximate surface area is 92.9 Å². The lowest BCUT2D eigenvalue weighted by Crippen LogP contribution is -2.23. The van der Waals surface area contributed by atoms with Crippen molar-refractivity contribution >= 4 is 11.0 Å². The third kappa shape index (κ3) is 2.59. The minimum Gasteiger partial charge on any atom is -0.460 e. The molecule has 1 atom stereocenters. The van der Waals surface area contributed by atoms with Gasteiger partial charge in [0.05, 0.1) is 12.6 Å². The van der Waals surface area contributed by atoms with Crippen LogP contribution in [0.3, 0.4) is 0 Å². The van der Waals surface area contributed by atoms with E-state index >= 15 is 0 Å². The van der Waals surface area contributed by atoms with Gasteiger partial charge in [-0.1, -0.05) is 0 Å². The molecule has 0 aliphatic carbocycles. The van der Waals surface area contributed by atoms with Crippen molar-refractivity contribution in [2.24, 2.45) is 0 Å². The van der Waals surface area contributed by atoms with Crippen LogP contribution in [0.4, 0.5) is 4.39 Å². The number of furan rings is 1. The second-order valence-electron chi connectivity index (χ2n) is 3.87. The van der Waals surface area contributed by atoms with Crippen molar-refractivity contribution in [3.05, 3.63) is 35.8 Å². The van der Waals surface area contributed by atoms with Gasteiger partial charge in [0, 0.05) is 11.9 Å². The van der Waals surface area contributed by atoms with E-state index in [1.54, 1.807) is 19.1 Å². The first kappa shape index (κ1) is 11.1. The van der Waals surface area contributed by atoms with E-state index in [-0.39, 0.29) is 11.9 Å². The Kier molecular flexibility index (Phi) is 3.22. The van der Waals surface area contributed by atoms with Gasteiger partial charge < -0.3 is 14.8 Å². The van der Waals surface area contributed by atoms with Gasteiger partial charge in [0.15, 0.2) is 0 Å². The molecule has 1 aromatic carbocycles. The fourth-order valence-electron chi connectivity index (χ4n) is 1.56. The Balaban J connectivity index is 2.08. The zero-order chi connectivity index (χ0) is 11.5. The number of aliphatic hydroxyl groups excluding tert-OH is 1. The summed E-state index contributed by atoms with van der Waals surface area (Å²) in [4.78, 5) is 0. The van der Waals surface area contributed by atoms with Gasteiger partial charge in [0.1, 0.15) is 17.2 Å². The van der Waals surface area contributed by atoms with Gasteiger partial charge in [0.25, 0.3) is 0 Å². The quantitative estimate of drug-likeness (QED) is 0.833. The predicted octanol–water partition coefficient (Wildman–Crippen LogP) is 2.04. The van der Waals surface area contributed by atoms with Crippen LogP contribution in [0.15, 0.2) is 28.7 Å². The lowest BCUT2D eigenvalue weighted by molar-refractivity contribution is 0.190. The normalized spacial score (nSPS) is 13.2. The van der Waals surface area contributed by atoms with E-state index < -0.39 is 0 Å². The van der Waals surface area contributed by atoms with Gasteiger partial charge in [-0.2, -0.15) is 0 Å². The number of fused-ring (bicyclic) bond motifs is 1. The fraction of sp³-hybridized carbons (Fsp3) is 0.333. The van der Waals surface area contributed by atoms with Crippen LogP contribution in [0.25, 0.3) is 11.0 Å². The molecule has 0 fully saturated rings. The molecule has 0 amide bonds. The second kappa shape index (κ2) is 4.63. The van der Waals surface area contributed by atoms with Crippen LogP contribution in [0, 0.1) is 5.82 Å². The van der Waals surface area contributed by atoms with E-state index in [1.807, 2.05) is 0 Å². The molecular weight excluding hydrogens is 209 g/mol. The third-order valence-corrected chi connectivity index (χ3v) is 2.27. The fourth-order valence-corrected chi connectivity index (χ4v) is 1.56. The van der Waals surface area contributed by atoms with Crippen molar-refractivity contribution in [1.29, 1.82) is 0 Å². The van der Waals surface area contributed by atoms with Crippen molar-refractivity contribution in [3.8, 4) is 0 Å². The molecule has 2 aromatic rings. The van der Waals surface area contributed by atoms with E-state index in [4.69, 9.17) is 9.52 Å². The van der Waals surface area contributed by atoms with E-state index in [2.05, 4.69) is 5.32 Å². The highest BCUT2D eigenvalue weighted by Crippen LogP contribution is 2.20. The van der Waals surface area contributed by atoms with Gasteiger partial charge in [0.2, 0.25) is 0 Å². The summed E-state index contributed by atoms with van der Waals surface area (Å²) >= 11 is 0.